The van der Waals surface area contributed by atoms with Crippen LogP contribution in [0.3, 0.4) is 0 Å². The Kier molecular flexibility index (Phi) is 7.33. The van der Waals surface area contributed by atoms with Crippen molar-refractivity contribution < 1.29 is 23.5 Å². The number of halogens is 5. The molecule has 0 aliphatic carbocycles. The fourth-order valence-corrected chi connectivity index (χ4v) is 4.17. The molecule has 0 saturated carbocycles. The first-order chi connectivity index (χ1) is 16.6. The molecular formula is C24H13Cl4FN2O4. The molecule has 3 aromatic rings. The fourth-order valence-electron chi connectivity index (χ4n) is 3.23. The summed E-state index contributed by atoms with van der Waals surface area (Å²) in [6.45, 7) is 0.104. The normalized spacial score (nSPS) is 14.9. The Balaban J connectivity index is 1.59. The zero-order chi connectivity index (χ0) is 25.3. The SMILES string of the molecule is O=C1NC(=O)N(c2ccc(F)cc2)C(=O)/C1=C/c1cc(Cl)c(OCc2ccc(Cl)c(Cl)c2)c(Cl)c1. The van der Waals surface area contributed by atoms with Crippen LogP contribution in [0.2, 0.25) is 20.1 Å². The van der Waals surface area contributed by atoms with Crippen molar-refractivity contribution >= 4 is 76.0 Å². The van der Waals surface area contributed by atoms with Crippen LogP contribution in [0.15, 0.2) is 60.2 Å². The summed E-state index contributed by atoms with van der Waals surface area (Å²) in [4.78, 5) is 38.3. The number of hydrogen-bond acceptors (Lipinski definition) is 4. The van der Waals surface area contributed by atoms with Crippen molar-refractivity contribution in [2.75, 3.05) is 4.90 Å². The van der Waals surface area contributed by atoms with E-state index < -0.39 is 23.7 Å². The van der Waals surface area contributed by atoms with Crippen molar-refractivity contribution in [3.8, 4) is 5.75 Å². The van der Waals surface area contributed by atoms with E-state index in [0.717, 1.165) is 22.6 Å². The molecule has 0 bridgehead atoms. The molecule has 11 heteroatoms. The third-order valence-electron chi connectivity index (χ3n) is 4.89. The van der Waals surface area contributed by atoms with E-state index in [0.29, 0.717) is 15.6 Å². The minimum Gasteiger partial charge on any atom is -0.486 e. The number of ether oxygens (including phenoxy) is 1. The van der Waals surface area contributed by atoms with Gasteiger partial charge < -0.3 is 4.74 Å². The van der Waals surface area contributed by atoms with Gasteiger partial charge in [0, 0.05) is 0 Å². The quantitative estimate of drug-likeness (QED) is 0.282. The van der Waals surface area contributed by atoms with E-state index in [4.69, 9.17) is 51.1 Å². The van der Waals surface area contributed by atoms with Gasteiger partial charge in [0.25, 0.3) is 11.8 Å². The van der Waals surface area contributed by atoms with Gasteiger partial charge in [-0.15, -0.1) is 0 Å². The third-order valence-corrected chi connectivity index (χ3v) is 6.19. The number of nitrogens with one attached hydrogen (secondary N) is 1. The largest absolute Gasteiger partial charge is 0.486 e. The van der Waals surface area contributed by atoms with Crippen LogP contribution in [0.4, 0.5) is 14.9 Å². The number of amides is 4. The highest BCUT2D eigenvalue weighted by molar-refractivity contribution is 6.42. The molecule has 4 amide bonds. The van der Waals surface area contributed by atoms with Gasteiger partial charge in [-0.3, -0.25) is 14.9 Å². The lowest BCUT2D eigenvalue weighted by molar-refractivity contribution is -0.122. The number of benzene rings is 3. The molecule has 35 heavy (non-hydrogen) atoms. The molecule has 6 nitrogen and oxygen atoms in total. The van der Waals surface area contributed by atoms with Gasteiger partial charge in [-0.25, -0.2) is 14.1 Å². The maximum Gasteiger partial charge on any atom is 0.335 e. The molecule has 1 N–H and O–H groups in total. The van der Waals surface area contributed by atoms with Crippen molar-refractivity contribution in [3.05, 3.63) is 97.2 Å². The number of barbiturate groups is 1. The van der Waals surface area contributed by atoms with Crippen molar-refractivity contribution in [1.29, 1.82) is 0 Å². The maximum absolute atomic E-state index is 13.3. The van der Waals surface area contributed by atoms with Crippen LogP contribution in [0, 0.1) is 5.82 Å². The van der Waals surface area contributed by atoms with Gasteiger partial charge in [0.1, 0.15) is 18.0 Å². The second-order valence-corrected chi connectivity index (χ2v) is 8.91. The summed E-state index contributed by atoms with van der Waals surface area (Å²) in [6.07, 6.45) is 1.24. The Labute approximate surface area is 218 Å². The molecule has 1 fully saturated rings. The van der Waals surface area contributed by atoms with Gasteiger partial charge in [-0.05, 0) is 65.7 Å². The molecule has 3 aromatic carbocycles. The van der Waals surface area contributed by atoms with Crippen LogP contribution in [0.25, 0.3) is 6.08 Å². The predicted molar refractivity (Wildman–Crippen MR) is 133 cm³/mol. The fraction of sp³-hybridized carbons (Fsp3) is 0.0417. The van der Waals surface area contributed by atoms with Crippen LogP contribution in [0.5, 0.6) is 5.75 Å². The molecule has 0 radical (unpaired) electrons. The Hall–Kier alpha value is -3.10. The molecule has 178 valence electrons. The van der Waals surface area contributed by atoms with Crippen LogP contribution in [0.1, 0.15) is 11.1 Å². The van der Waals surface area contributed by atoms with Gasteiger partial charge in [-0.2, -0.15) is 0 Å². The minimum absolute atomic E-state index is 0.0921. The van der Waals surface area contributed by atoms with Gasteiger partial charge in [0.2, 0.25) is 0 Å². The van der Waals surface area contributed by atoms with Crippen molar-refractivity contribution in [2.45, 2.75) is 6.61 Å². The predicted octanol–water partition coefficient (Wildman–Crippen LogP) is 6.68. The Bertz CT molecular complexity index is 1370. The first-order valence-electron chi connectivity index (χ1n) is 9.87. The molecule has 0 aromatic heterocycles. The van der Waals surface area contributed by atoms with E-state index in [1.807, 2.05) is 0 Å². The lowest BCUT2D eigenvalue weighted by atomic mass is 10.1. The van der Waals surface area contributed by atoms with E-state index in [-0.39, 0.29) is 33.7 Å². The second kappa shape index (κ2) is 10.3. The van der Waals surface area contributed by atoms with E-state index in [2.05, 4.69) is 5.32 Å². The zero-order valence-corrected chi connectivity index (χ0v) is 20.5. The molecule has 0 spiro atoms. The average Bonchev–Trinajstić information content (AvgIpc) is 2.79. The summed E-state index contributed by atoms with van der Waals surface area (Å²) in [5.41, 5.74) is 0.793. The van der Waals surface area contributed by atoms with E-state index in [1.165, 1.54) is 30.3 Å². The summed E-state index contributed by atoms with van der Waals surface area (Å²) in [7, 11) is 0. The van der Waals surface area contributed by atoms with E-state index in [1.54, 1.807) is 18.2 Å². The number of anilines is 1. The molecular weight excluding hydrogens is 541 g/mol. The average molecular weight is 554 g/mol. The summed E-state index contributed by atoms with van der Waals surface area (Å²) in [5, 5.41) is 3.11. The zero-order valence-electron chi connectivity index (χ0n) is 17.5. The summed E-state index contributed by atoms with van der Waals surface area (Å²) < 4.78 is 19.0. The summed E-state index contributed by atoms with van der Waals surface area (Å²) >= 11 is 24.6. The number of nitrogens with zero attached hydrogens (tertiary/aromatic N) is 1. The van der Waals surface area contributed by atoms with Crippen molar-refractivity contribution in [1.82, 2.24) is 5.32 Å². The lowest BCUT2D eigenvalue weighted by Crippen LogP contribution is -2.54. The van der Waals surface area contributed by atoms with Gasteiger partial charge in [-0.1, -0.05) is 52.5 Å². The maximum atomic E-state index is 13.3. The van der Waals surface area contributed by atoms with Crippen molar-refractivity contribution in [3.63, 3.8) is 0 Å². The number of imide groups is 2. The number of carbonyl (C=O) groups excluding carboxylic acids is 3. The molecule has 1 aliphatic heterocycles. The molecule has 0 atom stereocenters. The first-order valence-corrected chi connectivity index (χ1v) is 11.4. The summed E-state index contributed by atoms with van der Waals surface area (Å²) in [5.74, 6) is -2.15. The second-order valence-electron chi connectivity index (χ2n) is 7.29. The standard InChI is InChI=1S/C24H13Cl4FN2O4/c25-17-6-1-12(8-18(17)26)11-35-21-19(27)9-13(10-20(21)28)7-16-22(32)30-24(34)31(23(16)33)15-4-2-14(29)3-5-15/h1-10H,11H2,(H,30,32,34)/b16-7+. The number of rotatable bonds is 5. The Morgan fingerprint density at radius 3 is 2.14 bits per heavy atom. The summed E-state index contributed by atoms with van der Waals surface area (Å²) in [6, 6.07) is 11.6. The topological polar surface area (TPSA) is 75.7 Å². The first kappa shape index (κ1) is 25.0. The molecule has 1 heterocycles. The third kappa shape index (κ3) is 5.44. The number of carbonyl (C=O) groups is 3. The van der Waals surface area contributed by atoms with Crippen molar-refractivity contribution in [2.24, 2.45) is 0 Å². The van der Waals surface area contributed by atoms with Gasteiger partial charge in [0.15, 0.2) is 5.75 Å². The highest BCUT2D eigenvalue weighted by atomic mass is 35.5. The molecule has 1 aliphatic rings. The molecule has 0 unspecified atom stereocenters. The highest BCUT2D eigenvalue weighted by Gasteiger charge is 2.36. The smallest absolute Gasteiger partial charge is 0.335 e. The highest BCUT2D eigenvalue weighted by Crippen LogP contribution is 2.36. The Morgan fingerprint density at radius 1 is 0.857 bits per heavy atom. The van der Waals surface area contributed by atoms with E-state index in [9.17, 15) is 18.8 Å². The van der Waals surface area contributed by atoms with Gasteiger partial charge >= 0.3 is 6.03 Å². The van der Waals surface area contributed by atoms with Gasteiger partial charge in [0.05, 0.1) is 25.8 Å². The monoisotopic (exact) mass is 552 g/mol. The Morgan fingerprint density at radius 2 is 1.51 bits per heavy atom. The van der Waals surface area contributed by atoms with Crippen LogP contribution >= 0.6 is 46.4 Å². The molecule has 4 rings (SSSR count). The van der Waals surface area contributed by atoms with Crippen LogP contribution in [-0.2, 0) is 16.2 Å². The van der Waals surface area contributed by atoms with Crippen LogP contribution < -0.4 is 15.0 Å². The number of hydrogen-bond donors (Lipinski definition) is 1. The lowest BCUT2D eigenvalue weighted by Gasteiger charge is -2.26. The minimum atomic E-state index is -0.953. The molecule has 1 saturated heterocycles. The number of urea groups is 1. The van der Waals surface area contributed by atoms with E-state index >= 15 is 0 Å². The van der Waals surface area contributed by atoms with Crippen LogP contribution in [-0.4, -0.2) is 17.8 Å².